The standard InChI is InChI=1S/C12H19N3/c1-2-12(3-1)15-9-11(8-14-15)10-4-6-13-7-5-10/h8-10,12-13H,1-7H2. The molecule has 2 aliphatic rings. The Hall–Kier alpha value is -0.830. The fraction of sp³-hybridized carbons (Fsp3) is 0.750. The van der Waals surface area contributed by atoms with Crippen molar-refractivity contribution in [3.8, 4) is 0 Å². The summed E-state index contributed by atoms with van der Waals surface area (Å²) in [6.07, 6.45) is 11.0. The second-order valence-electron chi connectivity index (χ2n) is 4.86. The number of rotatable bonds is 2. The summed E-state index contributed by atoms with van der Waals surface area (Å²) >= 11 is 0. The second kappa shape index (κ2) is 3.97. The van der Waals surface area contributed by atoms with Crippen LogP contribution in [-0.4, -0.2) is 22.9 Å². The minimum Gasteiger partial charge on any atom is -0.317 e. The van der Waals surface area contributed by atoms with Gasteiger partial charge < -0.3 is 5.32 Å². The molecule has 82 valence electrons. The predicted molar refractivity (Wildman–Crippen MR) is 60.0 cm³/mol. The first-order valence-corrected chi connectivity index (χ1v) is 6.18. The van der Waals surface area contributed by atoms with Gasteiger partial charge in [-0.3, -0.25) is 4.68 Å². The third-order valence-electron chi connectivity index (χ3n) is 3.88. The summed E-state index contributed by atoms with van der Waals surface area (Å²) in [6, 6.07) is 0.709. The van der Waals surface area contributed by atoms with Crippen LogP contribution in [0.15, 0.2) is 12.4 Å². The van der Waals surface area contributed by atoms with Crippen LogP contribution in [0.4, 0.5) is 0 Å². The zero-order valence-electron chi connectivity index (χ0n) is 9.15. The summed E-state index contributed by atoms with van der Waals surface area (Å²) in [7, 11) is 0. The molecule has 0 unspecified atom stereocenters. The fourth-order valence-electron chi connectivity index (χ4n) is 2.57. The van der Waals surface area contributed by atoms with Gasteiger partial charge in [-0.25, -0.2) is 0 Å². The highest BCUT2D eigenvalue weighted by Crippen LogP contribution is 2.32. The zero-order valence-corrected chi connectivity index (χ0v) is 9.15. The van der Waals surface area contributed by atoms with E-state index in [0.29, 0.717) is 6.04 Å². The maximum absolute atomic E-state index is 4.51. The van der Waals surface area contributed by atoms with Gasteiger partial charge in [0.1, 0.15) is 0 Å². The zero-order chi connectivity index (χ0) is 10.1. The van der Waals surface area contributed by atoms with Crippen molar-refractivity contribution in [2.24, 2.45) is 0 Å². The van der Waals surface area contributed by atoms with E-state index in [0.717, 1.165) is 5.92 Å². The van der Waals surface area contributed by atoms with Crippen molar-refractivity contribution < 1.29 is 0 Å². The van der Waals surface area contributed by atoms with Crippen LogP contribution in [0.5, 0.6) is 0 Å². The van der Waals surface area contributed by atoms with Gasteiger partial charge in [0.2, 0.25) is 0 Å². The Morgan fingerprint density at radius 2 is 2.00 bits per heavy atom. The molecule has 0 bridgehead atoms. The van der Waals surface area contributed by atoms with Gasteiger partial charge in [-0.15, -0.1) is 0 Å². The highest BCUT2D eigenvalue weighted by atomic mass is 15.3. The molecule has 1 N–H and O–H groups in total. The summed E-state index contributed by atoms with van der Waals surface area (Å²) in [4.78, 5) is 0. The molecule has 15 heavy (non-hydrogen) atoms. The Bertz CT molecular complexity index is 321. The van der Waals surface area contributed by atoms with E-state index in [1.165, 1.54) is 50.8 Å². The van der Waals surface area contributed by atoms with Crippen molar-refractivity contribution in [1.29, 1.82) is 0 Å². The first kappa shape index (κ1) is 9.40. The molecule has 0 aromatic carbocycles. The van der Waals surface area contributed by atoms with E-state index in [9.17, 15) is 0 Å². The molecular weight excluding hydrogens is 186 g/mol. The monoisotopic (exact) mass is 205 g/mol. The van der Waals surface area contributed by atoms with Crippen molar-refractivity contribution in [2.45, 2.75) is 44.1 Å². The first-order chi connectivity index (χ1) is 7.43. The van der Waals surface area contributed by atoms with Gasteiger partial charge in [-0.05, 0) is 56.7 Å². The predicted octanol–water partition coefficient (Wildman–Crippen LogP) is 2.08. The summed E-state index contributed by atoms with van der Waals surface area (Å²) in [6.45, 7) is 2.33. The maximum atomic E-state index is 4.51. The molecule has 1 aliphatic heterocycles. The van der Waals surface area contributed by atoms with Crippen molar-refractivity contribution in [2.75, 3.05) is 13.1 Å². The molecule has 0 atom stereocenters. The fourth-order valence-corrected chi connectivity index (χ4v) is 2.57. The molecule has 1 aliphatic carbocycles. The van der Waals surface area contributed by atoms with E-state index in [4.69, 9.17) is 0 Å². The van der Waals surface area contributed by atoms with E-state index in [2.05, 4.69) is 27.5 Å². The third kappa shape index (κ3) is 1.81. The lowest BCUT2D eigenvalue weighted by Crippen LogP contribution is -2.26. The van der Waals surface area contributed by atoms with Crippen LogP contribution in [-0.2, 0) is 0 Å². The van der Waals surface area contributed by atoms with E-state index in [1.54, 1.807) is 0 Å². The maximum Gasteiger partial charge on any atom is 0.0524 e. The van der Waals surface area contributed by atoms with Gasteiger partial charge >= 0.3 is 0 Å². The average Bonchev–Trinajstić information content (AvgIpc) is 2.66. The normalized spacial score (nSPS) is 24.0. The van der Waals surface area contributed by atoms with Gasteiger partial charge in [0.25, 0.3) is 0 Å². The van der Waals surface area contributed by atoms with E-state index in [-0.39, 0.29) is 0 Å². The molecule has 0 amide bonds. The molecular formula is C12H19N3. The molecule has 3 rings (SSSR count). The molecule has 1 saturated heterocycles. The third-order valence-corrected chi connectivity index (χ3v) is 3.88. The lowest BCUT2D eigenvalue weighted by Gasteiger charge is -2.26. The van der Waals surface area contributed by atoms with Gasteiger partial charge in [-0.1, -0.05) is 0 Å². The molecule has 2 heterocycles. The largest absolute Gasteiger partial charge is 0.317 e. The molecule has 1 saturated carbocycles. The van der Waals surface area contributed by atoms with Crippen LogP contribution < -0.4 is 5.32 Å². The van der Waals surface area contributed by atoms with Gasteiger partial charge in [-0.2, -0.15) is 5.10 Å². The highest BCUT2D eigenvalue weighted by molar-refractivity contribution is 5.13. The molecule has 0 radical (unpaired) electrons. The SMILES string of the molecule is c1nn(C2CCC2)cc1C1CCNCC1. The van der Waals surface area contributed by atoms with Crippen LogP contribution in [0.3, 0.4) is 0 Å². The van der Waals surface area contributed by atoms with Crippen molar-refractivity contribution in [1.82, 2.24) is 15.1 Å². The number of hydrogen-bond acceptors (Lipinski definition) is 2. The number of aromatic nitrogens is 2. The molecule has 1 aromatic rings. The summed E-state index contributed by atoms with van der Waals surface area (Å²) in [5.74, 6) is 0.750. The highest BCUT2D eigenvalue weighted by Gasteiger charge is 2.22. The van der Waals surface area contributed by atoms with Crippen molar-refractivity contribution in [3.63, 3.8) is 0 Å². The van der Waals surface area contributed by atoms with Crippen molar-refractivity contribution >= 4 is 0 Å². The molecule has 1 aromatic heterocycles. The molecule has 2 fully saturated rings. The van der Waals surface area contributed by atoms with Crippen molar-refractivity contribution in [3.05, 3.63) is 18.0 Å². The van der Waals surface area contributed by atoms with Crippen LogP contribution >= 0.6 is 0 Å². The van der Waals surface area contributed by atoms with Crippen LogP contribution in [0.2, 0.25) is 0 Å². The number of nitrogens with zero attached hydrogens (tertiary/aromatic N) is 2. The minimum absolute atomic E-state index is 0.709. The molecule has 3 heteroatoms. The topological polar surface area (TPSA) is 29.9 Å². The van der Waals surface area contributed by atoms with E-state index in [1.807, 2.05) is 0 Å². The first-order valence-electron chi connectivity index (χ1n) is 6.18. The quantitative estimate of drug-likeness (QED) is 0.801. The Labute approximate surface area is 90.9 Å². The number of hydrogen-bond donors (Lipinski definition) is 1. The second-order valence-corrected chi connectivity index (χ2v) is 4.86. The lowest BCUT2D eigenvalue weighted by molar-refractivity contribution is 0.289. The average molecular weight is 205 g/mol. The van der Waals surface area contributed by atoms with Gasteiger partial charge in [0, 0.05) is 6.20 Å². The molecule has 0 spiro atoms. The van der Waals surface area contributed by atoms with Crippen LogP contribution in [0, 0.1) is 0 Å². The van der Waals surface area contributed by atoms with E-state index < -0.39 is 0 Å². The Morgan fingerprint density at radius 1 is 1.20 bits per heavy atom. The Kier molecular flexibility index (Phi) is 2.49. The van der Waals surface area contributed by atoms with Crippen LogP contribution in [0.25, 0.3) is 0 Å². The van der Waals surface area contributed by atoms with Crippen LogP contribution in [0.1, 0.15) is 49.6 Å². The Morgan fingerprint density at radius 3 is 2.67 bits per heavy atom. The summed E-state index contributed by atoms with van der Waals surface area (Å²) in [5.41, 5.74) is 1.46. The Balaban J connectivity index is 1.71. The summed E-state index contributed by atoms with van der Waals surface area (Å²) in [5, 5.41) is 7.92. The summed E-state index contributed by atoms with van der Waals surface area (Å²) < 4.78 is 2.20. The van der Waals surface area contributed by atoms with Gasteiger partial charge in [0.05, 0.1) is 12.2 Å². The van der Waals surface area contributed by atoms with E-state index >= 15 is 0 Å². The minimum atomic E-state index is 0.709. The lowest BCUT2D eigenvalue weighted by atomic mass is 9.92. The molecule has 3 nitrogen and oxygen atoms in total. The van der Waals surface area contributed by atoms with Gasteiger partial charge in [0.15, 0.2) is 0 Å². The number of piperidine rings is 1. The smallest absolute Gasteiger partial charge is 0.0524 e. The number of nitrogens with one attached hydrogen (secondary N) is 1.